The SMILES string of the molecule is Brc1ccc(Br)nc1.Brc1ccc(NC2CCSCC2)nc1.C1CCOC1.CC(C)(C)OC(=O)Nc1ccc(-c2ccc(NC3CCSCC3)nc2)c2ccccc12.Cl.Cl.NC1CCSCC1.NO.Nc1ccc(-c2ccc(NC3CCSCC3)nc2)c2ccccc12.O=C1CCSCC1.ON=C1CCSCC1.[AlH3].[H-].[Li+]. The Labute approximate surface area is 739 Å². The molecule has 12 N–H and O–H groups in total. The number of pyridine rings is 4. The van der Waals surface area contributed by atoms with E-state index in [9.17, 15) is 9.59 Å². The molecule has 7 aliphatic rings. The molecule has 4 aromatic carbocycles. The van der Waals surface area contributed by atoms with E-state index in [1.165, 1.54) is 121 Å². The van der Waals surface area contributed by atoms with Crippen LogP contribution in [0.4, 0.5) is 33.6 Å². The second kappa shape index (κ2) is 58.5. The number of Topliss-reactive ketones (excluding diaryl/α,β-unsaturated/α-hetero) is 1. The van der Waals surface area contributed by atoms with E-state index in [1.54, 1.807) is 6.20 Å². The number of oxime groups is 1. The van der Waals surface area contributed by atoms with Gasteiger partial charge in [0, 0.05) is 123 Å². The molecule has 7 fully saturated rings. The van der Waals surface area contributed by atoms with Crippen molar-refractivity contribution in [3.05, 3.63) is 160 Å². The largest absolute Gasteiger partial charge is 1.00 e. The fourth-order valence-corrected chi connectivity index (χ4v) is 18.5. The molecule has 0 unspecified atom stereocenters. The summed E-state index contributed by atoms with van der Waals surface area (Å²) in [6, 6.07) is 42.8. The third-order valence-corrected chi connectivity index (χ3v) is 24.7. The van der Waals surface area contributed by atoms with Gasteiger partial charge < -0.3 is 48.7 Å². The minimum Gasteiger partial charge on any atom is -1.00 e. The fourth-order valence-electron chi connectivity index (χ4n) is 11.4. The van der Waals surface area contributed by atoms with Crippen molar-refractivity contribution in [1.29, 1.82) is 0 Å². The number of aromatic nitrogens is 4. The predicted octanol–water partition coefficient (Wildman–Crippen LogP) is 17.3. The predicted molar refractivity (Wildman–Crippen MR) is 496 cm³/mol. The zero-order valence-corrected chi connectivity index (χ0v) is 74.2. The van der Waals surface area contributed by atoms with Crippen LogP contribution in [0.3, 0.4) is 0 Å². The standard InChI is InChI=1S/C25H29N3O2S.C20H21N3S.C10H13BrN2S.C5H3Br2N.C5H9NOS.C5H11NS.C5H8OS.C4H8O.Al.2ClH.Li.H3NO.4H/c1-25(2,3)30-24(29)28-22-10-9-19(20-6-4-5-7-21(20)22)17-8-11-23(26-16-17)27-18-12-14-31-15-13-18;21-19-7-6-16(17-3-1-2-4-18(17)19)14-5-8-20(22-13-14)23-15-9-11-24-12-10-15;11-8-1-2-10(12-7-8)13-9-3-5-14-6-4-9;6-4-1-2-5(7)8-3-4;7-6-5-1-3-8-4-2-5;2*6-5-1-3-7-4-2-5;1-2-4-5-3-1;;;;;1-2;;;;/h4-11,16,18H,12-15H2,1-3H3,(H,26,27)(H,28,29);1-8,13,15H,9-12,21H2,(H,22,23);1-2,7,9H,3-6H2,(H,12,13);1-3H;7H,1-4H2;5H,1-4,6H2;1-4H2;1-4H2;;2*1H;;2H,1H2;;;;/q;;;;;;;;;;;+1;;;;;-1. The van der Waals surface area contributed by atoms with Crippen molar-refractivity contribution < 1.29 is 49.8 Å². The third kappa shape index (κ3) is 39.6. The van der Waals surface area contributed by atoms with Gasteiger partial charge in [-0.2, -0.15) is 70.6 Å². The second-order valence-corrected chi connectivity index (χ2v) is 36.4. The topological polar surface area (TPSA) is 283 Å². The van der Waals surface area contributed by atoms with Crippen LogP contribution in [0.2, 0.25) is 0 Å². The monoisotopic (exact) mass is 1860 g/mol. The number of nitrogens with one attached hydrogen (secondary N) is 4. The van der Waals surface area contributed by atoms with Gasteiger partial charge in [0.1, 0.15) is 33.4 Å². The summed E-state index contributed by atoms with van der Waals surface area (Å²) in [5.41, 5.74) is 18.1. The molecule has 0 radical (unpaired) electrons. The van der Waals surface area contributed by atoms with Crippen molar-refractivity contribution in [3.63, 3.8) is 0 Å². The number of nitrogens with zero attached hydrogens (tertiary/aromatic N) is 5. The van der Waals surface area contributed by atoms with E-state index >= 15 is 0 Å². The number of ether oxygens (including phenoxy) is 2. The first-order chi connectivity index (χ1) is 51.5. The maximum Gasteiger partial charge on any atom is 1.00 e. The number of ketones is 1. The van der Waals surface area contributed by atoms with E-state index in [4.69, 9.17) is 31.4 Å². The van der Waals surface area contributed by atoms with Crippen LogP contribution in [-0.4, -0.2) is 177 Å². The summed E-state index contributed by atoms with van der Waals surface area (Å²) < 4.78 is 13.2. The Balaban J connectivity index is 0.000000462. The Morgan fingerprint density at radius 1 is 0.527 bits per heavy atom. The molecule has 18 nitrogen and oxygen atoms in total. The van der Waals surface area contributed by atoms with E-state index in [1.807, 2.05) is 177 Å². The summed E-state index contributed by atoms with van der Waals surface area (Å²) in [5, 5.41) is 35.7. The van der Waals surface area contributed by atoms with Crippen molar-refractivity contribution in [2.75, 3.05) is 109 Å². The fraction of sp³-hybridized carbons (Fsp3) is 0.456. The zero-order valence-electron chi connectivity index (χ0n) is 63.9. The number of nitrogens with two attached hydrogens (primary N) is 3. The van der Waals surface area contributed by atoms with Gasteiger partial charge in [-0.25, -0.2) is 30.6 Å². The van der Waals surface area contributed by atoms with Gasteiger partial charge in [-0.3, -0.25) is 10.1 Å². The van der Waals surface area contributed by atoms with Crippen molar-refractivity contribution >= 4 is 228 Å². The number of amides is 1. The molecule has 31 heteroatoms. The van der Waals surface area contributed by atoms with Gasteiger partial charge >= 0.3 is 25.0 Å². The smallest absolute Gasteiger partial charge is 1.00 e. The normalized spacial score (nSPS) is 16.3. The molecule has 0 spiro atoms. The molecule has 4 aromatic heterocycles. The van der Waals surface area contributed by atoms with Gasteiger partial charge in [0.15, 0.2) is 17.4 Å². The zero-order chi connectivity index (χ0) is 75.6. The number of nitrogen functional groups attached to an aromatic ring is 1. The molecule has 8 aromatic rings. The Morgan fingerprint density at radius 2 is 0.918 bits per heavy atom. The van der Waals surface area contributed by atoms with Crippen LogP contribution in [0.5, 0.6) is 0 Å². The molecule has 15 rings (SSSR count). The number of hydrogen-bond acceptors (Lipinski definition) is 23. The van der Waals surface area contributed by atoms with E-state index < -0.39 is 11.7 Å². The quantitative estimate of drug-likeness (QED) is 0.0213. The Kier molecular flexibility index (Phi) is 53.7. The number of fused-ring (bicyclic) bond motifs is 2. The van der Waals surface area contributed by atoms with Gasteiger partial charge in [-0.1, -0.05) is 65.8 Å². The summed E-state index contributed by atoms with van der Waals surface area (Å²) >= 11 is 21.8. The van der Waals surface area contributed by atoms with E-state index in [0.29, 0.717) is 30.0 Å². The van der Waals surface area contributed by atoms with Gasteiger partial charge in [0.25, 0.3) is 0 Å². The molecule has 11 heterocycles. The minimum atomic E-state index is -0.544. The van der Waals surface area contributed by atoms with Crippen molar-refractivity contribution in [3.8, 4) is 22.3 Å². The number of carbonyl (C=O) groups excluding carboxylic acids is 2. The average Bonchev–Trinajstić information content (AvgIpc) is 1.37. The van der Waals surface area contributed by atoms with Gasteiger partial charge in [0.05, 0.1) is 11.4 Å². The first-order valence-electron chi connectivity index (χ1n) is 36.2. The number of halogens is 5. The molecule has 7 aliphatic heterocycles. The molecule has 0 atom stereocenters. The molecule has 1 amide bonds. The molecule has 0 aliphatic carbocycles. The Hall–Kier alpha value is -3.30. The summed E-state index contributed by atoms with van der Waals surface area (Å²) in [7, 11) is 0. The van der Waals surface area contributed by atoms with Crippen molar-refractivity contribution in [1.82, 2.24) is 19.9 Å². The molecule has 0 saturated carbocycles. The molecule has 110 heavy (non-hydrogen) atoms. The van der Waals surface area contributed by atoms with E-state index in [2.05, 4.69) is 155 Å². The van der Waals surface area contributed by atoms with Crippen LogP contribution in [0, 0.1) is 0 Å². The summed E-state index contributed by atoms with van der Waals surface area (Å²) in [5.74, 6) is 21.2. The molecule has 0 bridgehead atoms. The van der Waals surface area contributed by atoms with Crippen molar-refractivity contribution in [2.24, 2.45) is 16.8 Å². The van der Waals surface area contributed by atoms with Gasteiger partial charge in [-0.15, -0.1) is 24.8 Å². The van der Waals surface area contributed by atoms with Crippen LogP contribution >= 0.6 is 143 Å². The summed E-state index contributed by atoms with van der Waals surface area (Å²) in [6.45, 7) is 7.56. The van der Waals surface area contributed by atoms with E-state index in [0.717, 1.165) is 143 Å². The van der Waals surface area contributed by atoms with Crippen LogP contribution < -0.4 is 57.5 Å². The van der Waals surface area contributed by atoms with Gasteiger partial charge in [0.2, 0.25) is 0 Å². The number of rotatable bonds is 9. The van der Waals surface area contributed by atoms with Crippen molar-refractivity contribution in [2.45, 2.75) is 140 Å². The summed E-state index contributed by atoms with van der Waals surface area (Å²) in [4.78, 5) is 40.3. The third-order valence-electron chi connectivity index (χ3n) is 17.2. The van der Waals surface area contributed by atoms with Crippen LogP contribution in [0.25, 0.3) is 43.8 Å². The van der Waals surface area contributed by atoms with Crippen LogP contribution in [-0.2, 0) is 14.3 Å². The minimum absolute atomic E-state index is 0. The number of anilines is 5. The average molecular weight is 1860 g/mol. The maximum atomic E-state index is 12.3. The molecular weight excluding hydrogens is 1750 g/mol. The van der Waals surface area contributed by atoms with Gasteiger partial charge in [-0.05, 0) is 286 Å². The maximum absolute atomic E-state index is 12.3. The molecular formula is C79H111AlBr3Cl2LiN12O6S6. The number of hydrogen-bond donors (Lipinski definition) is 9. The molecule has 7 saturated heterocycles. The molecule has 598 valence electrons. The number of thioether (sulfide) groups is 6. The first-order valence-corrected chi connectivity index (χ1v) is 45.5. The summed E-state index contributed by atoms with van der Waals surface area (Å²) in [6.07, 6.45) is 22.9. The number of carbonyl (C=O) groups is 2. The van der Waals surface area contributed by atoms with Crippen LogP contribution in [0.15, 0.2) is 165 Å². The van der Waals surface area contributed by atoms with Crippen LogP contribution in [0.1, 0.15) is 112 Å². The van der Waals surface area contributed by atoms with E-state index in [-0.39, 0.29) is 62.5 Å². The second-order valence-electron chi connectivity index (χ2n) is 26.4. The Morgan fingerprint density at radius 3 is 1.26 bits per heavy atom. The Bertz CT molecular complexity index is 3830. The first kappa shape index (κ1) is 101. The number of benzene rings is 4.